The van der Waals surface area contributed by atoms with Gasteiger partial charge in [0, 0.05) is 24.6 Å². The van der Waals surface area contributed by atoms with Crippen LogP contribution in [-0.4, -0.2) is 48.2 Å². The van der Waals surface area contributed by atoms with E-state index in [9.17, 15) is 17.6 Å². The molecule has 0 bridgehead atoms. The fraction of sp³-hybridized carbons (Fsp3) is 0.438. The highest BCUT2D eigenvalue weighted by atomic mass is 32.2. The minimum absolute atomic E-state index is 0.0827. The van der Waals surface area contributed by atoms with Crippen molar-refractivity contribution in [2.45, 2.75) is 19.4 Å². The molecule has 0 aliphatic carbocycles. The Kier molecular flexibility index (Phi) is 5.33. The summed E-state index contributed by atoms with van der Waals surface area (Å²) in [6.07, 6.45) is 2.12. The number of benzene rings is 1. The fourth-order valence-electron chi connectivity index (χ4n) is 2.79. The third-order valence-corrected chi connectivity index (χ3v) is 5.57. The molecule has 0 unspecified atom stereocenters. The number of carbonyl (C=O) groups is 1. The molecular weight excluding hydrogens is 363 g/mol. The summed E-state index contributed by atoms with van der Waals surface area (Å²) in [6, 6.07) is 5.65. The largest absolute Gasteiger partial charge is 0.419 e. The summed E-state index contributed by atoms with van der Waals surface area (Å²) in [5, 5.41) is 10.5. The van der Waals surface area contributed by atoms with Gasteiger partial charge in [-0.1, -0.05) is 0 Å². The molecule has 2 heterocycles. The van der Waals surface area contributed by atoms with Gasteiger partial charge in [0.05, 0.1) is 12.8 Å². The van der Waals surface area contributed by atoms with E-state index in [-0.39, 0.29) is 36.0 Å². The summed E-state index contributed by atoms with van der Waals surface area (Å²) in [6.45, 7) is 0.762. The maximum absolute atomic E-state index is 12.9. The molecule has 2 aromatic rings. The van der Waals surface area contributed by atoms with Crippen LogP contribution in [0.4, 0.5) is 4.39 Å². The molecule has 1 fully saturated rings. The predicted molar refractivity (Wildman–Crippen MR) is 90.7 cm³/mol. The van der Waals surface area contributed by atoms with Gasteiger partial charge in [0.1, 0.15) is 5.82 Å². The van der Waals surface area contributed by atoms with Gasteiger partial charge in [-0.2, -0.15) is 0 Å². The number of carbonyl (C=O) groups excluding carboxylic acids is 1. The van der Waals surface area contributed by atoms with E-state index in [0.717, 1.165) is 0 Å². The molecule has 1 N–H and O–H groups in total. The van der Waals surface area contributed by atoms with Gasteiger partial charge in [-0.25, -0.2) is 17.1 Å². The summed E-state index contributed by atoms with van der Waals surface area (Å²) >= 11 is 0. The molecule has 1 amide bonds. The molecule has 1 aromatic carbocycles. The maximum Gasteiger partial charge on any atom is 0.247 e. The van der Waals surface area contributed by atoms with Gasteiger partial charge in [-0.05, 0) is 37.1 Å². The molecular formula is C16H19FN4O4S. The molecule has 0 spiro atoms. The summed E-state index contributed by atoms with van der Waals surface area (Å²) in [7, 11) is -3.21. The lowest BCUT2D eigenvalue weighted by atomic mass is 9.97. The van der Waals surface area contributed by atoms with Crippen LogP contribution < -0.4 is 5.32 Å². The summed E-state index contributed by atoms with van der Waals surface area (Å²) in [5.74, 6) is -0.281. The van der Waals surface area contributed by atoms with Crippen LogP contribution in [0.3, 0.4) is 0 Å². The normalized spacial score (nSPS) is 16.5. The smallest absolute Gasteiger partial charge is 0.247 e. The Bertz CT molecular complexity index is 874. The number of rotatable bonds is 5. The van der Waals surface area contributed by atoms with Crippen molar-refractivity contribution in [3.8, 4) is 11.5 Å². The average Bonchev–Trinajstić information content (AvgIpc) is 3.08. The van der Waals surface area contributed by atoms with Crippen molar-refractivity contribution in [2.75, 3.05) is 19.3 Å². The number of hydrogen-bond acceptors (Lipinski definition) is 6. The molecule has 8 nitrogen and oxygen atoms in total. The van der Waals surface area contributed by atoms with Crippen molar-refractivity contribution in [1.82, 2.24) is 19.8 Å². The molecule has 0 saturated carbocycles. The predicted octanol–water partition coefficient (Wildman–Crippen LogP) is 1.16. The summed E-state index contributed by atoms with van der Waals surface area (Å²) in [5.41, 5.74) is 0.588. The van der Waals surface area contributed by atoms with E-state index in [1.807, 2.05) is 0 Å². The first kappa shape index (κ1) is 18.5. The molecule has 1 aliphatic heterocycles. The first-order chi connectivity index (χ1) is 12.3. The lowest BCUT2D eigenvalue weighted by molar-refractivity contribution is -0.126. The highest BCUT2D eigenvalue weighted by molar-refractivity contribution is 7.88. The standard InChI is InChI=1S/C16H19FN4O4S/c1-26(23,24)21-8-6-11(7-9-21)15(22)18-10-14-19-20-16(25-14)12-2-4-13(17)5-3-12/h2-5,11H,6-10H2,1H3,(H,18,22). The van der Waals surface area contributed by atoms with E-state index in [1.54, 1.807) is 0 Å². The number of piperidine rings is 1. The number of aromatic nitrogens is 2. The van der Waals surface area contributed by atoms with Crippen molar-refractivity contribution in [3.63, 3.8) is 0 Å². The Hall–Kier alpha value is -2.33. The van der Waals surface area contributed by atoms with Crippen LogP contribution in [0.1, 0.15) is 18.7 Å². The van der Waals surface area contributed by atoms with Crippen LogP contribution >= 0.6 is 0 Å². The van der Waals surface area contributed by atoms with Crippen LogP contribution in [0.25, 0.3) is 11.5 Å². The van der Waals surface area contributed by atoms with E-state index in [4.69, 9.17) is 4.42 Å². The molecule has 3 rings (SSSR count). The number of nitrogens with one attached hydrogen (secondary N) is 1. The molecule has 10 heteroatoms. The SMILES string of the molecule is CS(=O)(=O)N1CCC(C(=O)NCc2nnc(-c3ccc(F)cc3)o2)CC1. The quantitative estimate of drug-likeness (QED) is 0.832. The molecule has 1 aromatic heterocycles. The lowest BCUT2D eigenvalue weighted by Crippen LogP contribution is -2.42. The number of halogens is 1. The van der Waals surface area contributed by atoms with Crippen molar-refractivity contribution >= 4 is 15.9 Å². The third kappa shape index (κ3) is 4.44. The Labute approximate surface area is 150 Å². The Morgan fingerprint density at radius 3 is 2.54 bits per heavy atom. The Morgan fingerprint density at radius 2 is 1.92 bits per heavy atom. The number of amides is 1. The summed E-state index contributed by atoms with van der Waals surface area (Å²) < 4.78 is 42.8. The van der Waals surface area contributed by atoms with Crippen molar-refractivity contribution in [2.24, 2.45) is 5.92 Å². The van der Waals surface area contributed by atoms with E-state index in [0.29, 0.717) is 31.5 Å². The zero-order valence-corrected chi connectivity index (χ0v) is 15.0. The van der Waals surface area contributed by atoms with E-state index >= 15 is 0 Å². The van der Waals surface area contributed by atoms with E-state index < -0.39 is 10.0 Å². The number of nitrogens with zero attached hydrogens (tertiary/aromatic N) is 3. The van der Waals surface area contributed by atoms with Crippen molar-refractivity contribution in [1.29, 1.82) is 0 Å². The Balaban J connectivity index is 1.52. The molecule has 140 valence electrons. The van der Waals surface area contributed by atoms with Crippen LogP contribution in [0, 0.1) is 11.7 Å². The lowest BCUT2D eigenvalue weighted by Gasteiger charge is -2.29. The molecule has 26 heavy (non-hydrogen) atoms. The van der Waals surface area contributed by atoms with Gasteiger partial charge in [-0.15, -0.1) is 10.2 Å². The third-order valence-electron chi connectivity index (χ3n) is 4.27. The fourth-order valence-corrected chi connectivity index (χ4v) is 3.66. The van der Waals surface area contributed by atoms with Crippen molar-refractivity contribution < 1.29 is 22.0 Å². The average molecular weight is 382 g/mol. The second-order valence-electron chi connectivity index (χ2n) is 6.16. The second kappa shape index (κ2) is 7.50. The Morgan fingerprint density at radius 1 is 1.27 bits per heavy atom. The molecule has 1 aliphatic rings. The van der Waals surface area contributed by atoms with Gasteiger partial charge in [0.2, 0.25) is 27.7 Å². The van der Waals surface area contributed by atoms with Gasteiger partial charge in [0.15, 0.2) is 0 Å². The van der Waals surface area contributed by atoms with Gasteiger partial charge in [-0.3, -0.25) is 4.79 Å². The zero-order chi connectivity index (χ0) is 18.7. The minimum Gasteiger partial charge on any atom is -0.419 e. The second-order valence-corrected chi connectivity index (χ2v) is 8.14. The maximum atomic E-state index is 12.9. The zero-order valence-electron chi connectivity index (χ0n) is 14.2. The first-order valence-corrected chi connectivity index (χ1v) is 9.99. The highest BCUT2D eigenvalue weighted by Gasteiger charge is 2.28. The monoisotopic (exact) mass is 382 g/mol. The van der Waals surface area contributed by atoms with Crippen LogP contribution in [-0.2, 0) is 21.4 Å². The van der Waals surface area contributed by atoms with Gasteiger partial charge < -0.3 is 9.73 Å². The molecule has 0 atom stereocenters. The number of hydrogen-bond donors (Lipinski definition) is 1. The first-order valence-electron chi connectivity index (χ1n) is 8.14. The topological polar surface area (TPSA) is 105 Å². The van der Waals surface area contributed by atoms with Gasteiger partial charge in [0.25, 0.3) is 0 Å². The van der Waals surface area contributed by atoms with Crippen molar-refractivity contribution in [3.05, 3.63) is 36.0 Å². The molecule has 1 saturated heterocycles. The minimum atomic E-state index is -3.21. The van der Waals surface area contributed by atoms with Crippen LogP contribution in [0.15, 0.2) is 28.7 Å². The molecule has 0 radical (unpaired) electrons. The highest BCUT2D eigenvalue weighted by Crippen LogP contribution is 2.20. The van der Waals surface area contributed by atoms with E-state index in [1.165, 1.54) is 34.8 Å². The van der Waals surface area contributed by atoms with Crippen LogP contribution in [0.2, 0.25) is 0 Å². The summed E-state index contributed by atoms with van der Waals surface area (Å²) in [4.78, 5) is 12.2. The number of sulfonamides is 1. The van der Waals surface area contributed by atoms with E-state index in [2.05, 4.69) is 15.5 Å². The van der Waals surface area contributed by atoms with Gasteiger partial charge >= 0.3 is 0 Å². The van der Waals surface area contributed by atoms with Crippen LogP contribution in [0.5, 0.6) is 0 Å².